The number of carbonyl (C=O) groups excluding carboxylic acids is 3. The first kappa shape index (κ1) is 28.0. The molecule has 0 aromatic heterocycles. The summed E-state index contributed by atoms with van der Waals surface area (Å²) in [4.78, 5) is 50.2. The fraction of sp³-hybridized carbons (Fsp3) is 0.214. The molecule has 1 saturated heterocycles. The Balaban J connectivity index is 1.55. The van der Waals surface area contributed by atoms with Crippen LogP contribution < -0.4 is 10.6 Å². The molecule has 0 unspecified atom stereocenters. The highest BCUT2D eigenvalue weighted by Gasteiger charge is 2.31. The number of nitrogens with one attached hydrogen (secondary N) is 2. The standard InChI is InChI=1S/C28H25FN2O9/c29-16-8-6-14(7-9-16)26(36)31-18-13-30-10-2-5-22(18)40-28(39)15-11-20(33)24(21(34)12-15)25(35)23-17(27(37)38)3-1-4-19(23)32/h1,3-4,6-9,11-12,18,22,30,32-34H,2,5,10,13H2,(H,31,36)(H,37,38)/t18-,22-/m0/s1. The third-order valence-electron chi connectivity index (χ3n) is 6.40. The number of carbonyl (C=O) groups is 4. The molecule has 208 valence electrons. The number of phenols is 3. The van der Waals surface area contributed by atoms with E-state index in [2.05, 4.69) is 10.6 Å². The van der Waals surface area contributed by atoms with Crippen molar-refractivity contribution < 1.29 is 48.7 Å². The lowest BCUT2D eigenvalue weighted by molar-refractivity contribution is 0.0191. The summed E-state index contributed by atoms with van der Waals surface area (Å²) in [7, 11) is 0. The van der Waals surface area contributed by atoms with Gasteiger partial charge in [0.1, 0.15) is 34.7 Å². The topological polar surface area (TPSA) is 182 Å². The maximum atomic E-state index is 13.2. The highest BCUT2D eigenvalue weighted by Crippen LogP contribution is 2.35. The summed E-state index contributed by atoms with van der Waals surface area (Å²) in [5.74, 6) is -7.03. The van der Waals surface area contributed by atoms with Crippen LogP contribution in [0, 0.1) is 5.82 Å². The summed E-state index contributed by atoms with van der Waals surface area (Å²) in [6.07, 6.45) is 0.168. The molecule has 1 fully saturated rings. The summed E-state index contributed by atoms with van der Waals surface area (Å²) in [6, 6.07) is 9.37. The van der Waals surface area contributed by atoms with E-state index in [9.17, 15) is 44.0 Å². The number of rotatable bonds is 7. The first-order valence-corrected chi connectivity index (χ1v) is 12.2. The van der Waals surface area contributed by atoms with Crippen LogP contribution in [0.3, 0.4) is 0 Å². The smallest absolute Gasteiger partial charge is 0.338 e. The van der Waals surface area contributed by atoms with Gasteiger partial charge in [-0.05, 0) is 67.9 Å². The molecule has 40 heavy (non-hydrogen) atoms. The molecular formula is C28H25FN2O9. The van der Waals surface area contributed by atoms with Crippen LogP contribution in [0.2, 0.25) is 0 Å². The fourth-order valence-electron chi connectivity index (χ4n) is 4.41. The Morgan fingerprint density at radius 3 is 2.23 bits per heavy atom. The molecule has 4 rings (SSSR count). The van der Waals surface area contributed by atoms with E-state index >= 15 is 0 Å². The largest absolute Gasteiger partial charge is 0.507 e. The van der Waals surface area contributed by atoms with Crippen LogP contribution in [-0.4, -0.2) is 69.3 Å². The Hall–Kier alpha value is -4.97. The number of halogens is 1. The number of ether oxygens (including phenoxy) is 1. The van der Waals surface area contributed by atoms with Crippen LogP contribution in [0.15, 0.2) is 54.6 Å². The Labute approximate surface area is 226 Å². The number of hydrogen-bond donors (Lipinski definition) is 6. The van der Waals surface area contributed by atoms with Crippen molar-refractivity contribution in [2.24, 2.45) is 0 Å². The molecule has 0 saturated carbocycles. The van der Waals surface area contributed by atoms with Gasteiger partial charge in [-0.25, -0.2) is 14.0 Å². The van der Waals surface area contributed by atoms with Gasteiger partial charge in [-0.3, -0.25) is 9.59 Å². The van der Waals surface area contributed by atoms with Crippen molar-refractivity contribution in [3.8, 4) is 17.2 Å². The van der Waals surface area contributed by atoms with Crippen molar-refractivity contribution in [2.45, 2.75) is 25.0 Å². The van der Waals surface area contributed by atoms with E-state index in [-0.39, 0.29) is 17.7 Å². The maximum Gasteiger partial charge on any atom is 0.338 e. The minimum Gasteiger partial charge on any atom is -0.507 e. The number of esters is 1. The van der Waals surface area contributed by atoms with Gasteiger partial charge in [0.15, 0.2) is 0 Å². The van der Waals surface area contributed by atoms with E-state index in [1.807, 2.05) is 0 Å². The zero-order valence-electron chi connectivity index (χ0n) is 20.9. The van der Waals surface area contributed by atoms with Crippen molar-refractivity contribution in [3.05, 3.63) is 88.2 Å². The number of ketones is 1. The first-order valence-electron chi connectivity index (χ1n) is 12.2. The molecule has 0 aliphatic carbocycles. The minimum atomic E-state index is -1.52. The number of aromatic hydroxyl groups is 3. The van der Waals surface area contributed by atoms with E-state index < -0.39 is 75.5 Å². The lowest BCUT2D eigenvalue weighted by Gasteiger charge is -2.26. The van der Waals surface area contributed by atoms with Crippen LogP contribution in [0.5, 0.6) is 17.2 Å². The van der Waals surface area contributed by atoms with Crippen molar-refractivity contribution >= 4 is 23.6 Å². The second-order valence-electron chi connectivity index (χ2n) is 9.10. The number of aromatic carboxylic acids is 1. The van der Waals surface area contributed by atoms with Gasteiger partial charge in [-0.2, -0.15) is 0 Å². The molecule has 1 heterocycles. The van der Waals surface area contributed by atoms with Crippen LogP contribution in [0.25, 0.3) is 0 Å². The van der Waals surface area contributed by atoms with Crippen LogP contribution >= 0.6 is 0 Å². The third kappa shape index (κ3) is 6.02. The molecule has 0 bridgehead atoms. The molecule has 3 aromatic carbocycles. The maximum absolute atomic E-state index is 13.2. The second-order valence-corrected chi connectivity index (χ2v) is 9.10. The number of carboxylic acids is 1. The number of hydrogen-bond acceptors (Lipinski definition) is 9. The summed E-state index contributed by atoms with van der Waals surface area (Å²) in [5, 5.41) is 46.4. The van der Waals surface area contributed by atoms with Crippen molar-refractivity contribution in [3.63, 3.8) is 0 Å². The van der Waals surface area contributed by atoms with Gasteiger partial charge in [-0.15, -0.1) is 0 Å². The van der Waals surface area contributed by atoms with Gasteiger partial charge >= 0.3 is 11.9 Å². The molecule has 12 heteroatoms. The van der Waals surface area contributed by atoms with Crippen LogP contribution in [-0.2, 0) is 4.74 Å². The lowest BCUT2D eigenvalue weighted by Crippen LogP contribution is -2.49. The molecule has 6 N–H and O–H groups in total. The summed E-state index contributed by atoms with van der Waals surface area (Å²) < 4.78 is 18.8. The van der Waals surface area contributed by atoms with Crippen LogP contribution in [0.1, 0.15) is 59.8 Å². The summed E-state index contributed by atoms with van der Waals surface area (Å²) in [6.45, 7) is 0.862. The predicted octanol–water partition coefficient (Wildman–Crippen LogP) is 2.58. The van der Waals surface area contributed by atoms with Crippen molar-refractivity contribution in [2.75, 3.05) is 13.1 Å². The molecule has 0 spiro atoms. The average Bonchev–Trinajstić information content (AvgIpc) is 3.12. The molecule has 1 aliphatic rings. The molecule has 1 aliphatic heterocycles. The SMILES string of the molecule is O=C(N[C@H]1CNCCC[C@@H]1OC(=O)c1cc(O)c(C(=O)c2c(O)cccc2C(=O)O)c(O)c1)c1ccc(F)cc1. The second kappa shape index (κ2) is 11.8. The van der Waals surface area contributed by atoms with Gasteiger partial charge in [0.25, 0.3) is 5.91 Å². The zero-order chi connectivity index (χ0) is 29.0. The Morgan fingerprint density at radius 2 is 1.57 bits per heavy atom. The molecule has 0 radical (unpaired) electrons. The number of benzene rings is 3. The third-order valence-corrected chi connectivity index (χ3v) is 6.40. The van der Waals surface area contributed by atoms with Gasteiger partial charge < -0.3 is 35.8 Å². The quantitative estimate of drug-likeness (QED) is 0.188. The normalized spacial score (nSPS) is 16.9. The Morgan fingerprint density at radius 1 is 0.900 bits per heavy atom. The molecular weight excluding hydrogens is 527 g/mol. The van der Waals surface area contributed by atoms with Crippen molar-refractivity contribution in [1.82, 2.24) is 10.6 Å². The Kier molecular flexibility index (Phi) is 8.29. The number of amides is 1. The zero-order valence-corrected chi connectivity index (χ0v) is 20.9. The molecule has 11 nitrogen and oxygen atoms in total. The number of phenolic OH excluding ortho intramolecular Hbond substituents is 3. The fourth-order valence-corrected chi connectivity index (χ4v) is 4.41. The van der Waals surface area contributed by atoms with Gasteiger partial charge in [0.05, 0.1) is 22.7 Å². The minimum absolute atomic E-state index is 0.210. The van der Waals surface area contributed by atoms with E-state index in [4.69, 9.17) is 4.74 Å². The predicted molar refractivity (Wildman–Crippen MR) is 137 cm³/mol. The van der Waals surface area contributed by atoms with Crippen molar-refractivity contribution in [1.29, 1.82) is 0 Å². The highest BCUT2D eigenvalue weighted by molar-refractivity contribution is 6.18. The number of carboxylic acid groups (broad SMARTS) is 1. The average molecular weight is 553 g/mol. The lowest BCUT2D eigenvalue weighted by atomic mass is 9.95. The molecule has 3 aromatic rings. The van der Waals surface area contributed by atoms with E-state index in [0.717, 1.165) is 36.4 Å². The summed E-state index contributed by atoms with van der Waals surface area (Å²) in [5.41, 5.74) is -2.03. The van der Waals surface area contributed by atoms with Crippen LogP contribution in [0.4, 0.5) is 4.39 Å². The van der Waals surface area contributed by atoms with E-state index in [0.29, 0.717) is 19.4 Å². The van der Waals surface area contributed by atoms with Gasteiger partial charge in [-0.1, -0.05) is 6.07 Å². The highest BCUT2D eigenvalue weighted by atomic mass is 19.1. The van der Waals surface area contributed by atoms with E-state index in [1.54, 1.807) is 0 Å². The van der Waals surface area contributed by atoms with Gasteiger partial charge in [0, 0.05) is 12.1 Å². The van der Waals surface area contributed by atoms with E-state index in [1.165, 1.54) is 18.2 Å². The first-order chi connectivity index (χ1) is 19.1. The summed E-state index contributed by atoms with van der Waals surface area (Å²) >= 11 is 0. The Bertz CT molecular complexity index is 1450. The molecule has 2 atom stereocenters. The monoisotopic (exact) mass is 552 g/mol. The molecule has 1 amide bonds. The van der Waals surface area contributed by atoms with Gasteiger partial charge in [0.2, 0.25) is 5.78 Å².